The molecule has 136 valence electrons. The van der Waals surface area contributed by atoms with Gasteiger partial charge in [-0.1, -0.05) is 24.3 Å². The Balaban J connectivity index is 1.77. The molecular weight excluding hydrogens is 304 g/mol. The molecule has 0 amide bonds. The minimum absolute atomic E-state index is 0.0999. The SMILES string of the molecule is CC(C)OCC(O)C[N+]1(C)CCN(Cc2ccc(CO)cc2)CC1. The van der Waals surface area contributed by atoms with Gasteiger partial charge in [-0.15, -0.1) is 0 Å². The van der Waals surface area contributed by atoms with Crippen molar-refractivity contribution in [2.24, 2.45) is 0 Å². The molecule has 1 aliphatic heterocycles. The van der Waals surface area contributed by atoms with Crippen LogP contribution in [0.4, 0.5) is 0 Å². The molecule has 2 N–H and O–H groups in total. The summed E-state index contributed by atoms with van der Waals surface area (Å²) in [5.41, 5.74) is 2.24. The van der Waals surface area contributed by atoms with Crippen LogP contribution in [0.25, 0.3) is 0 Å². The summed E-state index contributed by atoms with van der Waals surface area (Å²) >= 11 is 0. The van der Waals surface area contributed by atoms with Crippen molar-refractivity contribution in [3.63, 3.8) is 0 Å². The second-order valence-electron chi connectivity index (χ2n) is 7.54. The van der Waals surface area contributed by atoms with E-state index in [1.807, 2.05) is 26.0 Å². The van der Waals surface area contributed by atoms with Crippen molar-refractivity contribution in [2.75, 3.05) is 46.4 Å². The second-order valence-corrected chi connectivity index (χ2v) is 7.54. The van der Waals surface area contributed by atoms with E-state index >= 15 is 0 Å². The number of piperazine rings is 1. The molecule has 0 saturated carbocycles. The van der Waals surface area contributed by atoms with Gasteiger partial charge in [0.15, 0.2) is 0 Å². The third kappa shape index (κ3) is 6.15. The average Bonchev–Trinajstić information content (AvgIpc) is 2.56. The average molecular weight is 337 g/mol. The first kappa shape index (κ1) is 19.3. The fourth-order valence-corrected chi connectivity index (χ4v) is 3.20. The molecule has 1 atom stereocenters. The van der Waals surface area contributed by atoms with Crippen LogP contribution >= 0.6 is 0 Å². The molecule has 1 aliphatic rings. The Morgan fingerprint density at radius 3 is 2.25 bits per heavy atom. The summed E-state index contributed by atoms with van der Waals surface area (Å²) in [5, 5.41) is 19.3. The maximum Gasteiger partial charge on any atom is 0.126 e. The molecule has 1 fully saturated rings. The number of likely N-dealkylation sites (N-methyl/N-ethyl adjacent to an activating group) is 1. The fraction of sp³-hybridized carbons (Fsp3) is 0.684. The van der Waals surface area contributed by atoms with E-state index in [0.717, 1.165) is 49.3 Å². The first-order chi connectivity index (χ1) is 11.4. The zero-order chi connectivity index (χ0) is 17.6. The zero-order valence-electron chi connectivity index (χ0n) is 15.3. The molecule has 0 aromatic heterocycles. The molecule has 1 saturated heterocycles. The van der Waals surface area contributed by atoms with E-state index in [4.69, 9.17) is 9.84 Å². The first-order valence-corrected chi connectivity index (χ1v) is 8.94. The highest BCUT2D eigenvalue weighted by Gasteiger charge is 2.31. The minimum atomic E-state index is -0.394. The molecule has 0 bridgehead atoms. The van der Waals surface area contributed by atoms with Gasteiger partial charge < -0.3 is 19.4 Å². The Labute approximate surface area is 146 Å². The van der Waals surface area contributed by atoms with E-state index in [-0.39, 0.29) is 12.7 Å². The largest absolute Gasteiger partial charge is 0.392 e. The van der Waals surface area contributed by atoms with Crippen molar-refractivity contribution in [3.05, 3.63) is 35.4 Å². The van der Waals surface area contributed by atoms with Crippen LogP contribution in [0.2, 0.25) is 0 Å². The van der Waals surface area contributed by atoms with Crippen molar-refractivity contribution in [1.82, 2.24) is 4.90 Å². The predicted molar refractivity (Wildman–Crippen MR) is 95.5 cm³/mol. The van der Waals surface area contributed by atoms with Gasteiger partial charge in [0.25, 0.3) is 0 Å². The maximum atomic E-state index is 10.2. The Kier molecular flexibility index (Phi) is 7.19. The molecule has 5 heteroatoms. The zero-order valence-corrected chi connectivity index (χ0v) is 15.3. The molecule has 1 unspecified atom stereocenters. The Morgan fingerprint density at radius 2 is 1.71 bits per heavy atom. The van der Waals surface area contributed by atoms with Gasteiger partial charge in [0, 0.05) is 19.6 Å². The van der Waals surface area contributed by atoms with Crippen LogP contribution < -0.4 is 0 Å². The topological polar surface area (TPSA) is 52.9 Å². The van der Waals surface area contributed by atoms with Crippen LogP contribution in [0.15, 0.2) is 24.3 Å². The first-order valence-electron chi connectivity index (χ1n) is 8.94. The lowest BCUT2D eigenvalue weighted by Gasteiger charge is -2.43. The monoisotopic (exact) mass is 337 g/mol. The van der Waals surface area contributed by atoms with Gasteiger partial charge in [0.05, 0.1) is 39.5 Å². The van der Waals surface area contributed by atoms with Crippen LogP contribution in [-0.2, 0) is 17.9 Å². The molecule has 0 radical (unpaired) electrons. The van der Waals surface area contributed by atoms with Crippen LogP contribution in [0.1, 0.15) is 25.0 Å². The quantitative estimate of drug-likeness (QED) is 0.701. The molecular formula is C19H33N2O3+. The van der Waals surface area contributed by atoms with Gasteiger partial charge in [0.1, 0.15) is 12.6 Å². The highest BCUT2D eigenvalue weighted by molar-refractivity contribution is 5.21. The number of aliphatic hydroxyl groups is 2. The third-order valence-corrected chi connectivity index (χ3v) is 4.80. The summed E-state index contributed by atoms with van der Waals surface area (Å²) in [6.07, 6.45) is -0.228. The van der Waals surface area contributed by atoms with E-state index < -0.39 is 6.10 Å². The lowest BCUT2D eigenvalue weighted by molar-refractivity contribution is -0.916. The molecule has 1 aromatic rings. The van der Waals surface area contributed by atoms with Gasteiger partial charge >= 0.3 is 0 Å². The van der Waals surface area contributed by atoms with Crippen LogP contribution in [0.5, 0.6) is 0 Å². The van der Waals surface area contributed by atoms with Crippen molar-refractivity contribution in [1.29, 1.82) is 0 Å². The van der Waals surface area contributed by atoms with E-state index in [2.05, 4.69) is 24.1 Å². The number of nitrogens with zero attached hydrogens (tertiary/aromatic N) is 2. The fourth-order valence-electron chi connectivity index (χ4n) is 3.20. The minimum Gasteiger partial charge on any atom is -0.392 e. The Morgan fingerprint density at radius 1 is 1.12 bits per heavy atom. The molecule has 2 rings (SSSR count). The molecule has 0 spiro atoms. The summed E-state index contributed by atoms with van der Waals surface area (Å²) in [6.45, 7) is 10.4. The number of rotatable bonds is 8. The van der Waals surface area contributed by atoms with Crippen LogP contribution in [0, 0.1) is 0 Å². The smallest absolute Gasteiger partial charge is 0.126 e. The van der Waals surface area contributed by atoms with Crippen LogP contribution in [0.3, 0.4) is 0 Å². The second kappa shape index (κ2) is 8.92. The number of benzene rings is 1. The van der Waals surface area contributed by atoms with Crippen molar-refractivity contribution in [3.8, 4) is 0 Å². The van der Waals surface area contributed by atoms with Gasteiger partial charge in [-0.05, 0) is 25.0 Å². The standard InChI is InChI=1S/C19H33N2O3/c1-16(2)24-15-19(23)13-21(3)10-8-20(9-11-21)12-17-4-6-18(14-22)7-5-17/h4-7,16,19,22-23H,8-15H2,1-3H3/q+1. The highest BCUT2D eigenvalue weighted by atomic mass is 16.5. The molecule has 1 aromatic carbocycles. The number of hydrogen-bond donors (Lipinski definition) is 2. The molecule has 5 nitrogen and oxygen atoms in total. The summed E-state index contributed by atoms with van der Waals surface area (Å²) in [5.74, 6) is 0. The summed E-state index contributed by atoms with van der Waals surface area (Å²) in [4.78, 5) is 2.46. The van der Waals surface area contributed by atoms with Gasteiger partial charge in [-0.2, -0.15) is 0 Å². The van der Waals surface area contributed by atoms with E-state index in [0.29, 0.717) is 6.61 Å². The maximum absolute atomic E-state index is 10.2. The Bertz CT molecular complexity index is 482. The van der Waals surface area contributed by atoms with E-state index in [9.17, 15) is 5.11 Å². The van der Waals surface area contributed by atoms with E-state index in [1.165, 1.54) is 5.56 Å². The van der Waals surface area contributed by atoms with Crippen LogP contribution in [-0.4, -0.2) is 78.2 Å². The summed E-state index contributed by atoms with van der Waals surface area (Å²) in [6, 6.07) is 8.18. The molecule has 1 heterocycles. The number of hydrogen-bond acceptors (Lipinski definition) is 4. The lowest BCUT2D eigenvalue weighted by Crippen LogP contribution is -2.59. The summed E-state index contributed by atoms with van der Waals surface area (Å²) < 4.78 is 6.43. The van der Waals surface area contributed by atoms with Crippen molar-refractivity contribution >= 4 is 0 Å². The van der Waals surface area contributed by atoms with Gasteiger partial charge in [0.2, 0.25) is 0 Å². The van der Waals surface area contributed by atoms with Gasteiger partial charge in [-0.25, -0.2) is 0 Å². The predicted octanol–water partition coefficient (Wildman–Crippen LogP) is 1.23. The number of aliphatic hydroxyl groups excluding tert-OH is 2. The number of quaternary nitrogens is 1. The highest BCUT2D eigenvalue weighted by Crippen LogP contribution is 2.15. The van der Waals surface area contributed by atoms with E-state index in [1.54, 1.807) is 0 Å². The summed E-state index contributed by atoms with van der Waals surface area (Å²) in [7, 11) is 2.23. The van der Waals surface area contributed by atoms with Crippen molar-refractivity contribution < 1.29 is 19.4 Å². The third-order valence-electron chi connectivity index (χ3n) is 4.80. The lowest BCUT2D eigenvalue weighted by atomic mass is 10.1. The molecule has 0 aliphatic carbocycles. The normalized spacial score (nSPS) is 19.6. The Hall–Kier alpha value is -0.980. The van der Waals surface area contributed by atoms with Crippen molar-refractivity contribution in [2.45, 2.75) is 39.2 Å². The molecule has 24 heavy (non-hydrogen) atoms. The van der Waals surface area contributed by atoms with Gasteiger partial charge in [-0.3, -0.25) is 4.90 Å². The number of ether oxygens (including phenoxy) is 1.